The Hall–Kier alpha value is -2.66. The first-order valence-electron chi connectivity index (χ1n) is 7.45. The third-order valence-corrected chi connectivity index (χ3v) is 3.47. The van der Waals surface area contributed by atoms with E-state index in [0.717, 1.165) is 11.3 Å². The van der Waals surface area contributed by atoms with Crippen molar-refractivity contribution in [1.82, 2.24) is 5.32 Å². The Kier molecular flexibility index (Phi) is 5.88. The Morgan fingerprint density at radius 3 is 2.26 bits per heavy atom. The van der Waals surface area contributed by atoms with Crippen LogP contribution in [0.1, 0.15) is 12.5 Å². The first-order chi connectivity index (χ1) is 11.1. The van der Waals surface area contributed by atoms with E-state index in [-0.39, 0.29) is 18.4 Å². The van der Waals surface area contributed by atoms with E-state index < -0.39 is 0 Å². The summed E-state index contributed by atoms with van der Waals surface area (Å²) in [7, 11) is 1.71. The van der Waals surface area contributed by atoms with E-state index in [2.05, 4.69) is 10.6 Å². The van der Waals surface area contributed by atoms with E-state index in [1.54, 1.807) is 36.2 Å². The Morgan fingerprint density at radius 2 is 1.65 bits per heavy atom. The molecule has 0 aliphatic heterocycles. The molecule has 0 atom stereocenters. The Morgan fingerprint density at radius 1 is 1.00 bits per heavy atom. The predicted molar refractivity (Wildman–Crippen MR) is 92.3 cm³/mol. The molecule has 2 aromatic carbocycles. The lowest BCUT2D eigenvalue weighted by Gasteiger charge is -2.15. The van der Waals surface area contributed by atoms with E-state index >= 15 is 0 Å². The van der Waals surface area contributed by atoms with Crippen LogP contribution in [0, 0.1) is 0 Å². The summed E-state index contributed by atoms with van der Waals surface area (Å²) < 4.78 is 0. The number of amides is 2. The van der Waals surface area contributed by atoms with Crippen molar-refractivity contribution in [1.29, 1.82) is 0 Å². The molecule has 0 unspecified atom stereocenters. The van der Waals surface area contributed by atoms with Crippen molar-refractivity contribution in [2.75, 3.05) is 23.8 Å². The topological polar surface area (TPSA) is 61.4 Å². The molecule has 0 aliphatic carbocycles. The first-order valence-corrected chi connectivity index (χ1v) is 7.45. The second kappa shape index (κ2) is 8.10. The number of hydrogen-bond donors (Lipinski definition) is 2. The van der Waals surface area contributed by atoms with Crippen LogP contribution in [0.5, 0.6) is 0 Å². The molecule has 2 N–H and O–H groups in total. The van der Waals surface area contributed by atoms with Crippen LogP contribution in [0.3, 0.4) is 0 Å². The van der Waals surface area contributed by atoms with E-state index in [1.807, 2.05) is 30.3 Å². The molecular formula is C18H21N3O2. The molecule has 0 aromatic heterocycles. The summed E-state index contributed by atoms with van der Waals surface area (Å²) >= 11 is 0. The molecule has 0 aliphatic rings. The van der Waals surface area contributed by atoms with Crippen LogP contribution in [0.15, 0.2) is 54.6 Å². The average Bonchev–Trinajstić information content (AvgIpc) is 2.56. The maximum atomic E-state index is 11.9. The van der Waals surface area contributed by atoms with Gasteiger partial charge in [-0.3, -0.25) is 9.59 Å². The standard InChI is InChI=1S/C18H21N3O2/c1-14(22)21(2)17-10-8-16(9-11-17)20-18(23)13-19-12-15-6-4-3-5-7-15/h3-11,19H,12-13H2,1-2H3,(H,20,23). The molecule has 5 heteroatoms. The van der Waals surface area contributed by atoms with Gasteiger partial charge in [-0.15, -0.1) is 0 Å². The normalized spacial score (nSPS) is 10.2. The van der Waals surface area contributed by atoms with E-state index in [1.165, 1.54) is 6.92 Å². The number of anilines is 2. The highest BCUT2D eigenvalue weighted by molar-refractivity contribution is 5.93. The van der Waals surface area contributed by atoms with Crippen LogP contribution in [0.2, 0.25) is 0 Å². The molecule has 0 heterocycles. The molecule has 0 bridgehead atoms. The molecule has 0 saturated heterocycles. The molecule has 0 fully saturated rings. The molecule has 2 rings (SSSR count). The summed E-state index contributed by atoms with van der Waals surface area (Å²) in [5, 5.41) is 5.92. The smallest absolute Gasteiger partial charge is 0.238 e. The number of nitrogens with zero attached hydrogens (tertiary/aromatic N) is 1. The molecule has 0 saturated carbocycles. The van der Waals surface area contributed by atoms with Crippen molar-refractivity contribution in [3.05, 3.63) is 60.2 Å². The molecule has 2 amide bonds. The number of hydrogen-bond acceptors (Lipinski definition) is 3. The van der Waals surface area contributed by atoms with Crippen LogP contribution in [0.25, 0.3) is 0 Å². The van der Waals surface area contributed by atoms with Crippen molar-refractivity contribution >= 4 is 23.2 Å². The lowest BCUT2D eigenvalue weighted by molar-refractivity contribution is -0.116. The SMILES string of the molecule is CC(=O)N(C)c1ccc(NC(=O)CNCc2ccccc2)cc1. The fourth-order valence-electron chi connectivity index (χ4n) is 2.07. The van der Waals surface area contributed by atoms with Crippen LogP contribution in [0.4, 0.5) is 11.4 Å². The van der Waals surface area contributed by atoms with Crippen LogP contribution >= 0.6 is 0 Å². The zero-order valence-electron chi connectivity index (χ0n) is 13.4. The highest BCUT2D eigenvalue weighted by Gasteiger charge is 2.06. The van der Waals surface area contributed by atoms with Gasteiger partial charge in [0.1, 0.15) is 0 Å². The van der Waals surface area contributed by atoms with E-state index in [0.29, 0.717) is 12.2 Å². The van der Waals surface area contributed by atoms with Gasteiger partial charge in [0.05, 0.1) is 6.54 Å². The van der Waals surface area contributed by atoms with Gasteiger partial charge in [0.15, 0.2) is 0 Å². The van der Waals surface area contributed by atoms with Gasteiger partial charge in [0.25, 0.3) is 0 Å². The Balaban J connectivity index is 1.80. The minimum absolute atomic E-state index is 0.0353. The lowest BCUT2D eigenvalue weighted by atomic mass is 10.2. The van der Waals surface area contributed by atoms with Gasteiger partial charge in [-0.25, -0.2) is 0 Å². The number of carbonyl (C=O) groups is 2. The lowest BCUT2D eigenvalue weighted by Crippen LogP contribution is -2.27. The number of carbonyl (C=O) groups excluding carboxylic acids is 2. The minimum Gasteiger partial charge on any atom is -0.325 e. The fourth-order valence-corrected chi connectivity index (χ4v) is 2.07. The summed E-state index contributed by atoms with van der Waals surface area (Å²) in [6.07, 6.45) is 0. The number of rotatable bonds is 6. The summed E-state index contributed by atoms with van der Waals surface area (Å²) in [6, 6.07) is 17.1. The van der Waals surface area contributed by atoms with Gasteiger partial charge in [-0.05, 0) is 29.8 Å². The fraction of sp³-hybridized carbons (Fsp3) is 0.222. The van der Waals surface area contributed by atoms with E-state index in [9.17, 15) is 9.59 Å². The van der Waals surface area contributed by atoms with E-state index in [4.69, 9.17) is 0 Å². The van der Waals surface area contributed by atoms with Crippen molar-refractivity contribution in [3.8, 4) is 0 Å². The van der Waals surface area contributed by atoms with Gasteiger partial charge in [-0.2, -0.15) is 0 Å². The molecular weight excluding hydrogens is 290 g/mol. The zero-order valence-corrected chi connectivity index (χ0v) is 13.4. The van der Waals surface area contributed by atoms with Gasteiger partial charge >= 0.3 is 0 Å². The monoisotopic (exact) mass is 311 g/mol. The van der Waals surface area contributed by atoms with Crippen LogP contribution < -0.4 is 15.5 Å². The summed E-state index contributed by atoms with van der Waals surface area (Å²) in [6.45, 7) is 2.40. The van der Waals surface area contributed by atoms with Crippen LogP contribution in [-0.2, 0) is 16.1 Å². The molecule has 0 radical (unpaired) electrons. The number of nitrogens with one attached hydrogen (secondary N) is 2. The van der Waals surface area contributed by atoms with Gasteiger partial charge in [0.2, 0.25) is 11.8 Å². The maximum Gasteiger partial charge on any atom is 0.238 e. The third-order valence-electron chi connectivity index (χ3n) is 3.47. The largest absolute Gasteiger partial charge is 0.325 e. The molecule has 2 aromatic rings. The van der Waals surface area contributed by atoms with Gasteiger partial charge in [-0.1, -0.05) is 30.3 Å². The molecule has 0 spiro atoms. The second-order valence-corrected chi connectivity index (χ2v) is 5.26. The highest BCUT2D eigenvalue weighted by atomic mass is 16.2. The third kappa shape index (κ3) is 5.23. The summed E-state index contributed by atoms with van der Waals surface area (Å²) in [5.74, 6) is -0.138. The highest BCUT2D eigenvalue weighted by Crippen LogP contribution is 2.16. The number of benzene rings is 2. The van der Waals surface area contributed by atoms with Crippen molar-refractivity contribution in [3.63, 3.8) is 0 Å². The molecule has 120 valence electrons. The summed E-state index contributed by atoms with van der Waals surface area (Å²) in [4.78, 5) is 24.7. The van der Waals surface area contributed by atoms with Crippen molar-refractivity contribution < 1.29 is 9.59 Å². The second-order valence-electron chi connectivity index (χ2n) is 5.26. The average molecular weight is 311 g/mol. The van der Waals surface area contributed by atoms with Gasteiger partial charge < -0.3 is 15.5 Å². The Labute approximate surface area is 136 Å². The summed E-state index contributed by atoms with van der Waals surface area (Å²) in [5.41, 5.74) is 2.63. The van der Waals surface area contributed by atoms with Gasteiger partial charge in [0, 0.05) is 31.9 Å². The minimum atomic E-state index is -0.103. The van der Waals surface area contributed by atoms with Crippen LogP contribution in [-0.4, -0.2) is 25.4 Å². The van der Waals surface area contributed by atoms with Crippen molar-refractivity contribution in [2.24, 2.45) is 0 Å². The quantitative estimate of drug-likeness (QED) is 0.861. The van der Waals surface area contributed by atoms with Crippen molar-refractivity contribution in [2.45, 2.75) is 13.5 Å². The Bertz CT molecular complexity index is 654. The molecule has 5 nitrogen and oxygen atoms in total. The maximum absolute atomic E-state index is 11.9. The predicted octanol–water partition coefficient (Wildman–Crippen LogP) is 2.40. The molecule has 23 heavy (non-hydrogen) atoms. The first kappa shape index (κ1) is 16.7. The zero-order chi connectivity index (χ0) is 16.7.